The number of nitrogens with two attached hydrogens (primary N) is 2. The Kier molecular flexibility index (Phi) is 5.29. The minimum atomic E-state index is -0.193. The highest BCUT2D eigenvalue weighted by molar-refractivity contribution is 5.90. The molecule has 0 radical (unpaired) electrons. The molecule has 2 heterocycles. The van der Waals surface area contributed by atoms with Crippen LogP contribution in [0.1, 0.15) is 36.4 Å². The molecule has 2 aromatic heterocycles. The Bertz CT molecular complexity index is 1260. The third kappa shape index (κ3) is 3.60. The molecule has 1 atom stereocenters. The van der Waals surface area contributed by atoms with Crippen molar-refractivity contribution in [3.05, 3.63) is 84.1 Å². The van der Waals surface area contributed by atoms with Gasteiger partial charge >= 0.3 is 0 Å². The van der Waals surface area contributed by atoms with Crippen molar-refractivity contribution in [3.8, 4) is 22.4 Å². The van der Waals surface area contributed by atoms with Gasteiger partial charge in [-0.25, -0.2) is 4.98 Å². The van der Waals surface area contributed by atoms with Crippen LogP contribution in [0.2, 0.25) is 0 Å². The summed E-state index contributed by atoms with van der Waals surface area (Å²) < 4.78 is 0. The van der Waals surface area contributed by atoms with Gasteiger partial charge in [0.25, 0.3) is 0 Å². The first kappa shape index (κ1) is 20.5. The number of nitrogens with one attached hydrogen (secondary N) is 1. The summed E-state index contributed by atoms with van der Waals surface area (Å²) in [7, 11) is 0. The maximum atomic E-state index is 7.64. The van der Waals surface area contributed by atoms with E-state index in [-0.39, 0.29) is 11.5 Å². The summed E-state index contributed by atoms with van der Waals surface area (Å²) in [6.45, 7) is 0.355. The predicted molar refractivity (Wildman–Crippen MR) is 131 cm³/mol. The molecule has 5 N–H and O–H groups in total. The normalized spacial score (nSPS) is 15.8. The van der Waals surface area contributed by atoms with Gasteiger partial charge in [-0.1, -0.05) is 54.6 Å². The Balaban J connectivity index is 1.65. The largest absolute Gasteiger partial charge is 0.329 e. The van der Waals surface area contributed by atoms with Crippen LogP contribution in [0, 0.1) is 5.41 Å². The number of aromatic nitrogens is 2. The molecule has 2 aromatic carbocycles. The molecule has 1 aliphatic carbocycles. The van der Waals surface area contributed by atoms with Crippen molar-refractivity contribution >= 4 is 17.2 Å². The van der Waals surface area contributed by atoms with Gasteiger partial charge < -0.3 is 16.9 Å². The molecule has 1 aliphatic rings. The molecule has 0 saturated heterocycles. The lowest BCUT2D eigenvalue weighted by Gasteiger charge is -2.38. The minimum absolute atomic E-state index is 0.174. The molecule has 0 amide bonds. The number of nitrogens with zero attached hydrogens (tertiary/aromatic N) is 2. The molecule has 0 aliphatic heterocycles. The Morgan fingerprint density at radius 2 is 1.66 bits per heavy atom. The molecule has 1 saturated carbocycles. The predicted octanol–water partition coefficient (Wildman–Crippen LogP) is 4.99. The lowest BCUT2D eigenvalue weighted by atomic mass is 9.72. The number of benzene rings is 2. The number of hydrogen-bond acceptors (Lipinski definition) is 5. The lowest BCUT2D eigenvalue weighted by molar-refractivity contribution is 0.253. The summed E-state index contributed by atoms with van der Waals surface area (Å²) in [5.41, 5.74) is 19.9. The van der Waals surface area contributed by atoms with Crippen molar-refractivity contribution in [2.75, 3.05) is 6.54 Å². The van der Waals surface area contributed by atoms with E-state index in [1.807, 2.05) is 30.3 Å². The average Bonchev–Trinajstić information content (AvgIpc) is 2.83. The van der Waals surface area contributed by atoms with E-state index in [1.165, 1.54) is 18.2 Å². The van der Waals surface area contributed by atoms with Crippen LogP contribution < -0.4 is 11.5 Å². The van der Waals surface area contributed by atoms with Gasteiger partial charge in [0.1, 0.15) is 0 Å². The molecule has 160 valence electrons. The fraction of sp³-hybridized carbons (Fsp3) is 0.222. The first-order chi connectivity index (χ1) is 15.6. The van der Waals surface area contributed by atoms with Crippen LogP contribution in [-0.2, 0) is 5.54 Å². The van der Waals surface area contributed by atoms with Crippen molar-refractivity contribution in [1.29, 1.82) is 5.41 Å². The molecule has 5 nitrogen and oxygen atoms in total. The Morgan fingerprint density at radius 3 is 2.28 bits per heavy atom. The second-order valence-electron chi connectivity index (χ2n) is 8.62. The number of hydrogen-bond donors (Lipinski definition) is 3. The van der Waals surface area contributed by atoms with E-state index < -0.39 is 0 Å². The SMILES string of the molecule is N=CC(CN)c1ccc2nc(-c3ccc(C4(N)CCC4)cc3)c(-c3ccccc3)cc2n1. The van der Waals surface area contributed by atoms with Gasteiger partial charge in [0.2, 0.25) is 0 Å². The summed E-state index contributed by atoms with van der Waals surface area (Å²) >= 11 is 0. The van der Waals surface area contributed by atoms with E-state index in [9.17, 15) is 0 Å². The van der Waals surface area contributed by atoms with Crippen LogP contribution in [0.3, 0.4) is 0 Å². The molecule has 1 fully saturated rings. The van der Waals surface area contributed by atoms with E-state index in [0.717, 1.165) is 52.0 Å². The van der Waals surface area contributed by atoms with Crippen LogP contribution in [0.15, 0.2) is 72.8 Å². The smallest absolute Gasteiger partial charge is 0.0896 e. The fourth-order valence-corrected chi connectivity index (χ4v) is 4.41. The van der Waals surface area contributed by atoms with Gasteiger partial charge in [0.15, 0.2) is 0 Å². The summed E-state index contributed by atoms with van der Waals surface area (Å²) in [4.78, 5) is 9.81. The van der Waals surface area contributed by atoms with Gasteiger partial charge in [-0.2, -0.15) is 0 Å². The topological polar surface area (TPSA) is 102 Å². The van der Waals surface area contributed by atoms with Crippen LogP contribution in [0.25, 0.3) is 33.4 Å². The van der Waals surface area contributed by atoms with Crippen LogP contribution in [0.5, 0.6) is 0 Å². The summed E-state index contributed by atoms with van der Waals surface area (Å²) in [6.07, 6.45) is 4.63. The first-order valence-corrected chi connectivity index (χ1v) is 11.1. The second kappa shape index (κ2) is 8.26. The highest BCUT2D eigenvalue weighted by Gasteiger charge is 2.34. The molecular weight excluding hydrogens is 394 g/mol. The Labute approximate surface area is 188 Å². The van der Waals surface area contributed by atoms with Gasteiger partial charge in [0, 0.05) is 35.3 Å². The molecule has 5 heteroatoms. The highest BCUT2D eigenvalue weighted by Crippen LogP contribution is 2.40. The van der Waals surface area contributed by atoms with E-state index in [4.69, 9.17) is 26.8 Å². The maximum absolute atomic E-state index is 7.64. The van der Waals surface area contributed by atoms with Gasteiger partial charge in [0.05, 0.1) is 22.4 Å². The van der Waals surface area contributed by atoms with Gasteiger partial charge in [-0.15, -0.1) is 0 Å². The van der Waals surface area contributed by atoms with E-state index in [2.05, 4.69) is 42.5 Å². The van der Waals surface area contributed by atoms with Crippen molar-refractivity contribution < 1.29 is 0 Å². The molecule has 1 unspecified atom stereocenters. The quantitative estimate of drug-likeness (QED) is 0.382. The van der Waals surface area contributed by atoms with Crippen molar-refractivity contribution in [2.45, 2.75) is 30.7 Å². The zero-order valence-corrected chi connectivity index (χ0v) is 18.0. The molecule has 0 bridgehead atoms. The van der Waals surface area contributed by atoms with Crippen LogP contribution >= 0.6 is 0 Å². The molecular formula is C27H27N5. The molecule has 4 aromatic rings. The fourth-order valence-electron chi connectivity index (χ4n) is 4.41. The van der Waals surface area contributed by atoms with E-state index >= 15 is 0 Å². The van der Waals surface area contributed by atoms with Crippen molar-refractivity contribution in [2.24, 2.45) is 11.5 Å². The number of fused-ring (bicyclic) bond motifs is 1. The van der Waals surface area contributed by atoms with Gasteiger partial charge in [-0.05, 0) is 48.6 Å². The zero-order chi connectivity index (χ0) is 22.1. The minimum Gasteiger partial charge on any atom is -0.329 e. The van der Waals surface area contributed by atoms with Crippen molar-refractivity contribution in [1.82, 2.24) is 9.97 Å². The zero-order valence-electron chi connectivity index (χ0n) is 18.0. The first-order valence-electron chi connectivity index (χ1n) is 11.1. The number of pyridine rings is 2. The third-order valence-electron chi connectivity index (χ3n) is 6.59. The average molecular weight is 422 g/mol. The summed E-state index contributed by atoms with van der Waals surface area (Å²) in [5.74, 6) is -0.193. The van der Waals surface area contributed by atoms with Crippen LogP contribution in [-0.4, -0.2) is 22.7 Å². The summed E-state index contributed by atoms with van der Waals surface area (Å²) in [5, 5.41) is 7.64. The highest BCUT2D eigenvalue weighted by atomic mass is 14.8. The van der Waals surface area contributed by atoms with Crippen LogP contribution in [0.4, 0.5) is 0 Å². The number of rotatable bonds is 6. The maximum Gasteiger partial charge on any atom is 0.0896 e. The second-order valence-corrected chi connectivity index (χ2v) is 8.62. The molecule has 0 spiro atoms. The third-order valence-corrected chi connectivity index (χ3v) is 6.59. The monoisotopic (exact) mass is 421 g/mol. The van der Waals surface area contributed by atoms with E-state index in [1.54, 1.807) is 0 Å². The van der Waals surface area contributed by atoms with Crippen molar-refractivity contribution in [3.63, 3.8) is 0 Å². The summed E-state index contributed by atoms with van der Waals surface area (Å²) in [6, 6.07) is 24.8. The Morgan fingerprint density at radius 1 is 0.906 bits per heavy atom. The van der Waals surface area contributed by atoms with E-state index in [0.29, 0.717) is 6.54 Å². The molecule has 5 rings (SSSR count). The Hall–Kier alpha value is -3.41. The molecule has 32 heavy (non-hydrogen) atoms. The standard InChI is InChI=1S/C27H27N5/c28-16-20(17-29)23-11-12-24-25(31-23)15-22(18-5-2-1-3-6-18)26(32-24)19-7-9-21(10-8-19)27(30)13-4-14-27/h1-3,5-12,15-16,20,28H,4,13-14,17,29-30H2. The lowest BCUT2D eigenvalue weighted by Crippen LogP contribution is -2.43. The van der Waals surface area contributed by atoms with Gasteiger partial charge in [-0.3, -0.25) is 4.98 Å².